The van der Waals surface area contributed by atoms with Gasteiger partial charge < -0.3 is 14.5 Å². The largest absolute Gasteiger partial charge is 0.465 e. The molecule has 0 spiro atoms. The molecule has 0 aliphatic rings. The Hall–Kier alpha value is -1.26. The van der Waals surface area contributed by atoms with Gasteiger partial charge in [0.05, 0.1) is 6.61 Å². The van der Waals surface area contributed by atoms with Gasteiger partial charge in [-0.25, -0.2) is 4.79 Å². The molecule has 0 aliphatic heterocycles. The predicted molar refractivity (Wildman–Crippen MR) is 62.2 cm³/mol. The lowest BCUT2D eigenvalue weighted by Gasteiger charge is -2.26. The molecule has 16 heavy (non-hydrogen) atoms. The molecule has 0 aromatic rings. The molecule has 0 fully saturated rings. The lowest BCUT2D eigenvalue weighted by Crippen LogP contribution is -2.44. The average Bonchev–Trinajstić information content (AvgIpc) is 2.26. The van der Waals surface area contributed by atoms with E-state index in [1.165, 1.54) is 4.90 Å². The standard InChI is InChI=1S/C11H22N2O3/c1-5-8-13(9-10(14)16-7-3)11(15)12(4)6-2/h5-9H2,1-4H3. The number of rotatable bonds is 6. The normalized spacial score (nSPS) is 9.75. The second-order valence-corrected chi connectivity index (χ2v) is 3.52. The average molecular weight is 230 g/mol. The zero-order chi connectivity index (χ0) is 12.6. The van der Waals surface area contributed by atoms with Crippen molar-refractivity contribution in [1.82, 2.24) is 9.80 Å². The molecular weight excluding hydrogens is 208 g/mol. The van der Waals surface area contributed by atoms with Crippen LogP contribution >= 0.6 is 0 Å². The molecule has 0 N–H and O–H groups in total. The van der Waals surface area contributed by atoms with Gasteiger partial charge in [0.15, 0.2) is 0 Å². The third-order valence-electron chi connectivity index (χ3n) is 2.19. The van der Waals surface area contributed by atoms with E-state index in [0.29, 0.717) is 19.7 Å². The number of carbonyl (C=O) groups is 2. The zero-order valence-electron chi connectivity index (χ0n) is 10.7. The first kappa shape index (κ1) is 14.7. The molecule has 0 saturated heterocycles. The highest BCUT2D eigenvalue weighted by atomic mass is 16.5. The van der Waals surface area contributed by atoms with Crippen LogP contribution in [0, 0.1) is 0 Å². The quantitative estimate of drug-likeness (QED) is 0.647. The zero-order valence-corrected chi connectivity index (χ0v) is 10.7. The maximum atomic E-state index is 11.8. The molecule has 0 atom stereocenters. The van der Waals surface area contributed by atoms with Crippen molar-refractivity contribution in [2.24, 2.45) is 0 Å². The summed E-state index contributed by atoms with van der Waals surface area (Å²) in [6.07, 6.45) is 0.822. The Morgan fingerprint density at radius 2 is 1.81 bits per heavy atom. The fourth-order valence-corrected chi connectivity index (χ4v) is 1.25. The maximum absolute atomic E-state index is 11.8. The SMILES string of the molecule is CCCN(CC(=O)OCC)C(=O)N(C)CC. The number of nitrogens with zero attached hydrogens (tertiary/aromatic N) is 2. The number of hydrogen-bond acceptors (Lipinski definition) is 3. The third kappa shape index (κ3) is 5.00. The van der Waals surface area contributed by atoms with Crippen molar-refractivity contribution in [2.45, 2.75) is 27.2 Å². The van der Waals surface area contributed by atoms with E-state index < -0.39 is 0 Å². The van der Waals surface area contributed by atoms with Crippen molar-refractivity contribution >= 4 is 12.0 Å². The van der Waals surface area contributed by atoms with E-state index >= 15 is 0 Å². The summed E-state index contributed by atoms with van der Waals surface area (Å²) in [5, 5.41) is 0. The first-order valence-electron chi connectivity index (χ1n) is 5.72. The third-order valence-corrected chi connectivity index (χ3v) is 2.19. The van der Waals surface area contributed by atoms with Crippen molar-refractivity contribution in [3.05, 3.63) is 0 Å². The van der Waals surface area contributed by atoms with Gasteiger partial charge in [-0.15, -0.1) is 0 Å². The van der Waals surface area contributed by atoms with Crippen molar-refractivity contribution in [1.29, 1.82) is 0 Å². The summed E-state index contributed by atoms with van der Waals surface area (Å²) in [6.45, 7) is 7.19. The fourth-order valence-electron chi connectivity index (χ4n) is 1.25. The minimum Gasteiger partial charge on any atom is -0.465 e. The Balaban J connectivity index is 4.36. The van der Waals surface area contributed by atoms with E-state index in [2.05, 4.69) is 0 Å². The van der Waals surface area contributed by atoms with E-state index in [-0.39, 0.29) is 18.5 Å². The van der Waals surface area contributed by atoms with Gasteiger partial charge in [0.25, 0.3) is 0 Å². The number of ether oxygens (including phenoxy) is 1. The van der Waals surface area contributed by atoms with E-state index in [0.717, 1.165) is 6.42 Å². The van der Waals surface area contributed by atoms with Crippen molar-refractivity contribution < 1.29 is 14.3 Å². The molecule has 0 aliphatic carbocycles. The Labute approximate surface area is 97.3 Å². The van der Waals surface area contributed by atoms with Crippen LogP contribution in [0.25, 0.3) is 0 Å². The molecule has 0 radical (unpaired) electrons. The van der Waals surface area contributed by atoms with Gasteiger partial charge in [-0.05, 0) is 20.3 Å². The molecule has 5 heteroatoms. The van der Waals surface area contributed by atoms with Crippen LogP contribution in [0.5, 0.6) is 0 Å². The highest BCUT2D eigenvalue weighted by molar-refractivity contribution is 5.80. The first-order valence-corrected chi connectivity index (χ1v) is 5.72. The number of hydrogen-bond donors (Lipinski definition) is 0. The summed E-state index contributed by atoms with van der Waals surface area (Å²) in [5.41, 5.74) is 0. The Kier molecular flexibility index (Phi) is 7.33. The van der Waals surface area contributed by atoms with Crippen LogP contribution < -0.4 is 0 Å². The fraction of sp³-hybridized carbons (Fsp3) is 0.818. The molecule has 5 nitrogen and oxygen atoms in total. The van der Waals surface area contributed by atoms with Crippen LogP contribution in [0.4, 0.5) is 4.79 Å². The van der Waals surface area contributed by atoms with Gasteiger partial charge in [0.1, 0.15) is 6.54 Å². The number of urea groups is 1. The van der Waals surface area contributed by atoms with Crippen LogP contribution in [0.2, 0.25) is 0 Å². The van der Waals surface area contributed by atoms with Gasteiger partial charge in [0, 0.05) is 20.1 Å². The number of amides is 2. The van der Waals surface area contributed by atoms with Crippen molar-refractivity contribution in [3.63, 3.8) is 0 Å². The molecule has 0 unspecified atom stereocenters. The molecule has 0 aromatic carbocycles. The molecule has 0 rings (SSSR count). The highest BCUT2D eigenvalue weighted by Crippen LogP contribution is 1.99. The molecular formula is C11H22N2O3. The summed E-state index contributed by atoms with van der Waals surface area (Å²) < 4.78 is 4.83. The van der Waals surface area contributed by atoms with Crippen LogP contribution in [-0.2, 0) is 9.53 Å². The van der Waals surface area contributed by atoms with E-state index in [1.807, 2.05) is 13.8 Å². The summed E-state index contributed by atoms with van der Waals surface area (Å²) in [6, 6.07) is -0.127. The van der Waals surface area contributed by atoms with Gasteiger partial charge >= 0.3 is 12.0 Å². The minimum absolute atomic E-state index is 0.0326. The Bertz CT molecular complexity index is 231. The lowest BCUT2D eigenvalue weighted by molar-refractivity contribution is -0.143. The van der Waals surface area contributed by atoms with Crippen LogP contribution in [0.3, 0.4) is 0 Å². The van der Waals surface area contributed by atoms with Gasteiger partial charge in [0.2, 0.25) is 0 Å². The molecule has 2 amide bonds. The molecule has 94 valence electrons. The topological polar surface area (TPSA) is 49.9 Å². The van der Waals surface area contributed by atoms with E-state index in [1.54, 1.807) is 18.9 Å². The van der Waals surface area contributed by atoms with Crippen LogP contribution in [0.15, 0.2) is 0 Å². The van der Waals surface area contributed by atoms with Gasteiger partial charge in [-0.1, -0.05) is 6.92 Å². The minimum atomic E-state index is -0.353. The molecule has 0 aromatic heterocycles. The van der Waals surface area contributed by atoms with Gasteiger partial charge in [-0.3, -0.25) is 4.79 Å². The lowest BCUT2D eigenvalue weighted by atomic mass is 10.4. The first-order chi connectivity index (χ1) is 7.56. The Morgan fingerprint density at radius 3 is 2.25 bits per heavy atom. The summed E-state index contributed by atoms with van der Waals surface area (Å²) in [5.74, 6) is -0.353. The predicted octanol–water partition coefficient (Wildman–Crippen LogP) is 1.33. The summed E-state index contributed by atoms with van der Waals surface area (Å²) in [7, 11) is 1.72. The van der Waals surface area contributed by atoms with Crippen molar-refractivity contribution in [3.8, 4) is 0 Å². The highest BCUT2D eigenvalue weighted by Gasteiger charge is 2.19. The molecule has 0 saturated carbocycles. The van der Waals surface area contributed by atoms with Crippen LogP contribution in [-0.4, -0.2) is 55.1 Å². The smallest absolute Gasteiger partial charge is 0.325 e. The summed E-state index contributed by atoms with van der Waals surface area (Å²) >= 11 is 0. The second-order valence-electron chi connectivity index (χ2n) is 3.52. The van der Waals surface area contributed by atoms with E-state index in [9.17, 15) is 9.59 Å². The van der Waals surface area contributed by atoms with Crippen molar-refractivity contribution in [2.75, 3.05) is 33.3 Å². The summed E-state index contributed by atoms with van der Waals surface area (Å²) in [4.78, 5) is 26.3. The number of carbonyl (C=O) groups excluding carboxylic acids is 2. The maximum Gasteiger partial charge on any atom is 0.325 e. The number of esters is 1. The molecule has 0 bridgehead atoms. The second kappa shape index (κ2) is 7.96. The van der Waals surface area contributed by atoms with E-state index in [4.69, 9.17) is 4.74 Å². The van der Waals surface area contributed by atoms with Crippen LogP contribution in [0.1, 0.15) is 27.2 Å². The van der Waals surface area contributed by atoms with Gasteiger partial charge in [-0.2, -0.15) is 0 Å². The Morgan fingerprint density at radius 1 is 1.19 bits per heavy atom. The molecule has 0 heterocycles. The monoisotopic (exact) mass is 230 g/mol.